The zero-order chi connectivity index (χ0) is 17.2. The average molecular weight is 371 g/mol. The molecule has 1 unspecified atom stereocenters. The van der Waals surface area contributed by atoms with E-state index >= 15 is 0 Å². The summed E-state index contributed by atoms with van der Waals surface area (Å²) < 4.78 is 16.1. The Morgan fingerprint density at radius 3 is 2.28 bits per heavy atom. The summed E-state index contributed by atoms with van der Waals surface area (Å²) in [4.78, 5) is 12.5. The molecule has 140 valence electrons. The number of carbonyl (C=O) groups excluding carboxylic acids is 1. The molecule has 2 N–H and O–H groups in total. The number of methoxy groups -OCH3 is 3. The predicted octanol–water partition coefficient (Wildman–Crippen LogP) is 2.14. The summed E-state index contributed by atoms with van der Waals surface area (Å²) in [5.74, 6) is 2.25. The highest BCUT2D eigenvalue weighted by Crippen LogP contribution is 2.58. The van der Waals surface area contributed by atoms with Crippen molar-refractivity contribution in [2.75, 3.05) is 34.4 Å². The normalized spacial score (nSPS) is 20.4. The Morgan fingerprint density at radius 1 is 1.16 bits per heavy atom. The van der Waals surface area contributed by atoms with Crippen LogP contribution in [0.25, 0.3) is 0 Å². The molecule has 7 heteroatoms. The molecular formula is C18H27ClN2O4. The Bertz CT molecular complexity index is 592. The maximum Gasteiger partial charge on any atom is 0.223 e. The van der Waals surface area contributed by atoms with E-state index < -0.39 is 0 Å². The summed E-state index contributed by atoms with van der Waals surface area (Å²) in [5.41, 5.74) is 1.07. The molecule has 1 aromatic rings. The topological polar surface area (TPSA) is 68.8 Å². The molecule has 1 amide bonds. The molecule has 3 rings (SSSR count). The minimum Gasteiger partial charge on any atom is -0.496 e. The highest BCUT2D eigenvalue weighted by molar-refractivity contribution is 5.85. The molecule has 0 bridgehead atoms. The van der Waals surface area contributed by atoms with Crippen molar-refractivity contribution < 1.29 is 19.0 Å². The fourth-order valence-electron chi connectivity index (χ4n) is 3.75. The van der Waals surface area contributed by atoms with Crippen molar-refractivity contribution in [3.63, 3.8) is 0 Å². The van der Waals surface area contributed by atoms with Crippen LogP contribution in [0.2, 0.25) is 0 Å². The number of hydrogen-bond donors (Lipinski definition) is 2. The van der Waals surface area contributed by atoms with Gasteiger partial charge in [0.15, 0.2) is 0 Å². The van der Waals surface area contributed by atoms with Gasteiger partial charge in [-0.3, -0.25) is 4.79 Å². The number of rotatable bonds is 6. The highest BCUT2D eigenvalue weighted by atomic mass is 35.5. The van der Waals surface area contributed by atoms with E-state index in [1.165, 1.54) is 0 Å². The molecule has 1 saturated carbocycles. The van der Waals surface area contributed by atoms with E-state index in [9.17, 15) is 4.79 Å². The third kappa shape index (κ3) is 3.96. The van der Waals surface area contributed by atoms with Gasteiger partial charge >= 0.3 is 0 Å². The van der Waals surface area contributed by atoms with E-state index in [-0.39, 0.29) is 29.6 Å². The second-order valence-corrected chi connectivity index (χ2v) is 6.60. The molecule has 0 aromatic heterocycles. The predicted molar refractivity (Wildman–Crippen MR) is 97.8 cm³/mol. The van der Waals surface area contributed by atoms with Crippen molar-refractivity contribution >= 4 is 18.3 Å². The monoisotopic (exact) mass is 370 g/mol. The number of halogens is 1. The molecular weight excluding hydrogens is 344 g/mol. The van der Waals surface area contributed by atoms with Crippen LogP contribution in [0.5, 0.6) is 17.2 Å². The van der Waals surface area contributed by atoms with E-state index in [2.05, 4.69) is 10.6 Å². The molecule has 25 heavy (non-hydrogen) atoms. The highest BCUT2D eigenvalue weighted by Gasteiger charge is 2.57. The minimum absolute atomic E-state index is 0. The van der Waals surface area contributed by atoms with E-state index in [4.69, 9.17) is 14.2 Å². The molecule has 0 radical (unpaired) electrons. The van der Waals surface area contributed by atoms with Crippen LogP contribution in [0.4, 0.5) is 0 Å². The lowest BCUT2D eigenvalue weighted by molar-refractivity contribution is -0.123. The first-order chi connectivity index (χ1) is 11.6. The number of amides is 1. The van der Waals surface area contributed by atoms with E-state index in [1.807, 2.05) is 0 Å². The maximum atomic E-state index is 12.5. The van der Waals surface area contributed by atoms with Crippen molar-refractivity contribution in [2.45, 2.75) is 25.8 Å². The van der Waals surface area contributed by atoms with Crippen LogP contribution >= 0.6 is 12.4 Å². The first-order valence-electron chi connectivity index (χ1n) is 8.41. The molecule has 2 fully saturated rings. The van der Waals surface area contributed by atoms with Gasteiger partial charge in [-0.25, -0.2) is 0 Å². The van der Waals surface area contributed by atoms with E-state index in [0.717, 1.165) is 37.9 Å². The molecule has 1 aromatic carbocycles. The summed E-state index contributed by atoms with van der Waals surface area (Å²) in [7, 11) is 4.80. The van der Waals surface area contributed by atoms with Gasteiger partial charge in [-0.05, 0) is 37.8 Å². The second-order valence-electron chi connectivity index (χ2n) is 6.60. The van der Waals surface area contributed by atoms with Gasteiger partial charge in [-0.2, -0.15) is 0 Å². The van der Waals surface area contributed by atoms with Crippen LogP contribution in [-0.2, 0) is 11.3 Å². The number of ether oxygens (including phenoxy) is 3. The average Bonchev–Trinajstić information content (AvgIpc) is 3.32. The quantitative estimate of drug-likeness (QED) is 0.803. The van der Waals surface area contributed by atoms with Crippen LogP contribution in [0.3, 0.4) is 0 Å². The van der Waals surface area contributed by atoms with Crippen LogP contribution in [0.1, 0.15) is 24.8 Å². The summed E-state index contributed by atoms with van der Waals surface area (Å²) in [6, 6.07) is 3.60. The standard InChI is InChI=1S/C18H26N2O4.ClH/c1-22-12-8-15(23-2)13(16(9-12)24-3)11-20-17(21)14-10-18(14)4-6-19-7-5-18;/h8-9,14,19H,4-7,10-11H2,1-3H3,(H,20,21);1H. The Labute approximate surface area is 155 Å². The molecule has 1 heterocycles. The van der Waals surface area contributed by atoms with Gasteiger partial charge in [-0.15, -0.1) is 12.4 Å². The number of nitrogens with one attached hydrogen (secondary N) is 2. The minimum atomic E-state index is 0. The molecule has 1 spiro atoms. The van der Waals surface area contributed by atoms with Crippen molar-refractivity contribution in [2.24, 2.45) is 11.3 Å². The first-order valence-corrected chi connectivity index (χ1v) is 8.41. The van der Waals surface area contributed by atoms with Crippen molar-refractivity contribution in [3.8, 4) is 17.2 Å². The van der Waals surface area contributed by atoms with Crippen molar-refractivity contribution in [3.05, 3.63) is 17.7 Å². The number of hydrogen-bond acceptors (Lipinski definition) is 5. The Hall–Kier alpha value is -1.66. The summed E-state index contributed by atoms with van der Waals surface area (Å²) >= 11 is 0. The molecule has 2 aliphatic rings. The zero-order valence-corrected chi connectivity index (χ0v) is 15.8. The molecule has 1 saturated heterocycles. The second kappa shape index (κ2) is 8.15. The van der Waals surface area contributed by atoms with Gasteiger partial charge in [0.05, 0.1) is 33.4 Å². The Balaban J connectivity index is 0.00000225. The van der Waals surface area contributed by atoms with Gasteiger partial charge < -0.3 is 24.8 Å². The van der Waals surface area contributed by atoms with Gasteiger partial charge in [0, 0.05) is 18.1 Å². The SMILES string of the molecule is COc1cc(OC)c(CNC(=O)C2CC23CCNCC3)c(OC)c1.Cl. The van der Waals surface area contributed by atoms with Gasteiger partial charge in [-0.1, -0.05) is 0 Å². The molecule has 1 atom stereocenters. The Morgan fingerprint density at radius 2 is 1.76 bits per heavy atom. The van der Waals surface area contributed by atoms with Crippen molar-refractivity contribution in [1.82, 2.24) is 10.6 Å². The van der Waals surface area contributed by atoms with Crippen molar-refractivity contribution in [1.29, 1.82) is 0 Å². The summed E-state index contributed by atoms with van der Waals surface area (Å²) in [6.45, 7) is 2.42. The maximum absolute atomic E-state index is 12.5. The molecule has 1 aliphatic heterocycles. The van der Waals surface area contributed by atoms with Crippen LogP contribution < -0.4 is 24.8 Å². The van der Waals surface area contributed by atoms with Gasteiger partial charge in [0.2, 0.25) is 5.91 Å². The van der Waals surface area contributed by atoms with E-state index in [0.29, 0.717) is 23.8 Å². The largest absolute Gasteiger partial charge is 0.496 e. The van der Waals surface area contributed by atoms with Crippen LogP contribution in [0, 0.1) is 11.3 Å². The third-order valence-electron chi connectivity index (χ3n) is 5.36. The number of carbonyl (C=O) groups is 1. The van der Waals surface area contributed by atoms with Gasteiger partial charge in [0.25, 0.3) is 0 Å². The summed E-state index contributed by atoms with van der Waals surface area (Å²) in [5, 5.41) is 6.42. The van der Waals surface area contributed by atoms with Gasteiger partial charge in [0.1, 0.15) is 17.2 Å². The Kier molecular flexibility index (Phi) is 6.41. The van der Waals surface area contributed by atoms with E-state index in [1.54, 1.807) is 33.5 Å². The lowest BCUT2D eigenvalue weighted by atomic mass is 9.92. The number of piperidine rings is 1. The number of benzene rings is 1. The lowest BCUT2D eigenvalue weighted by Gasteiger charge is -2.23. The molecule has 6 nitrogen and oxygen atoms in total. The third-order valence-corrected chi connectivity index (χ3v) is 5.36. The molecule has 1 aliphatic carbocycles. The van der Waals surface area contributed by atoms with Crippen LogP contribution in [-0.4, -0.2) is 40.3 Å². The fraction of sp³-hybridized carbons (Fsp3) is 0.611. The zero-order valence-electron chi connectivity index (χ0n) is 15.0. The first kappa shape index (κ1) is 19.7. The summed E-state index contributed by atoms with van der Waals surface area (Å²) in [6.07, 6.45) is 3.21. The van der Waals surface area contributed by atoms with Crippen LogP contribution in [0.15, 0.2) is 12.1 Å². The smallest absolute Gasteiger partial charge is 0.223 e. The fourth-order valence-corrected chi connectivity index (χ4v) is 3.75. The lowest BCUT2D eigenvalue weighted by Crippen LogP contribution is -2.33.